The standard InChI is InChI=1S/C21H21N5O2S/c1-21(2)11-18-19(16(27)12-22-21)24-20(29-18)26-8-9-28-17-6-5-13(10-15(17)26)14-4-3-7-23-25-14/h3-7,10,22H,8-9,11-12H2,1-2H3. The summed E-state index contributed by atoms with van der Waals surface area (Å²) in [6, 6.07) is 9.80. The van der Waals surface area contributed by atoms with Gasteiger partial charge in [-0.25, -0.2) is 4.98 Å². The second-order valence-electron chi connectivity index (χ2n) is 7.90. The van der Waals surface area contributed by atoms with E-state index >= 15 is 0 Å². The maximum absolute atomic E-state index is 12.6. The first kappa shape index (κ1) is 18.2. The van der Waals surface area contributed by atoms with E-state index in [4.69, 9.17) is 9.72 Å². The van der Waals surface area contributed by atoms with Gasteiger partial charge in [-0.15, -0.1) is 11.3 Å². The fourth-order valence-corrected chi connectivity index (χ4v) is 5.04. The normalized spacial score (nSPS) is 17.9. The zero-order chi connectivity index (χ0) is 20.0. The van der Waals surface area contributed by atoms with Crippen molar-refractivity contribution in [3.05, 3.63) is 47.1 Å². The molecular formula is C21H21N5O2S. The Morgan fingerprint density at radius 1 is 1.28 bits per heavy atom. The molecule has 2 aliphatic rings. The van der Waals surface area contributed by atoms with E-state index in [0.717, 1.165) is 39.1 Å². The van der Waals surface area contributed by atoms with Crippen LogP contribution in [0, 0.1) is 0 Å². The predicted molar refractivity (Wildman–Crippen MR) is 112 cm³/mol. The Kier molecular flexibility index (Phi) is 4.33. The molecule has 4 heterocycles. The van der Waals surface area contributed by atoms with Gasteiger partial charge in [-0.2, -0.15) is 10.2 Å². The smallest absolute Gasteiger partial charge is 0.196 e. The zero-order valence-corrected chi connectivity index (χ0v) is 17.1. The highest BCUT2D eigenvalue weighted by molar-refractivity contribution is 7.16. The average Bonchev–Trinajstić information content (AvgIpc) is 3.10. The molecule has 0 spiro atoms. The van der Waals surface area contributed by atoms with Gasteiger partial charge in [0.25, 0.3) is 0 Å². The van der Waals surface area contributed by atoms with Gasteiger partial charge in [0.2, 0.25) is 0 Å². The van der Waals surface area contributed by atoms with E-state index in [1.165, 1.54) is 0 Å². The van der Waals surface area contributed by atoms with Gasteiger partial charge in [0.15, 0.2) is 10.9 Å². The maximum Gasteiger partial charge on any atom is 0.196 e. The molecule has 2 aromatic heterocycles. The topological polar surface area (TPSA) is 80.2 Å². The molecule has 7 nitrogen and oxygen atoms in total. The number of rotatable bonds is 2. The molecule has 1 aromatic carbocycles. The number of benzene rings is 1. The van der Waals surface area contributed by atoms with Gasteiger partial charge in [-0.1, -0.05) is 0 Å². The monoisotopic (exact) mass is 407 g/mol. The summed E-state index contributed by atoms with van der Waals surface area (Å²) in [5.74, 6) is 0.859. The molecule has 3 aromatic rings. The number of fused-ring (bicyclic) bond motifs is 2. The number of nitrogens with zero attached hydrogens (tertiary/aromatic N) is 4. The van der Waals surface area contributed by atoms with Crippen LogP contribution in [0.25, 0.3) is 11.3 Å². The lowest BCUT2D eigenvalue weighted by atomic mass is 10.0. The summed E-state index contributed by atoms with van der Waals surface area (Å²) in [6.45, 7) is 5.81. The third kappa shape index (κ3) is 3.38. The van der Waals surface area contributed by atoms with E-state index in [0.29, 0.717) is 25.4 Å². The Morgan fingerprint density at radius 2 is 2.17 bits per heavy atom. The number of ketones is 1. The highest BCUT2D eigenvalue weighted by Crippen LogP contribution is 2.42. The molecule has 29 heavy (non-hydrogen) atoms. The molecule has 2 aliphatic heterocycles. The largest absolute Gasteiger partial charge is 0.490 e. The Labute approximate surface area is 172 Å². The van der Waals surface area contributed by atoms with E-state index in [-0.39, 0.29) is 11.3 Å². The Hall–Kier alpha value is -2.84. The summed E-state index contributed by atoms with van der Waals surface area (Å²) in [5, 5.41) is 12.3. The lowest BCUT2D eigenvalue weighted by Crippen LogP contribution is -2.41. The third-order valence-electron chi connectivity index (χ3n) is 5.20. The Morgan fingerprint density at radius 3 is 3.00 bits per heavy atom. The fourth-order valence-electron chi connectivity index (χ4n) is 3.69. The van der Waals surface area contributed by atoms with Crippen molar-refractivity contribution in [2.24, 2.45) is 0 Å². The number of carbonyl (C=O) groups excluding carboxylic acids is 1. The second-order valence-corrected chi connectivity index (χ2v) is 8.96. The molecule has 0 saturated carbocycles. The number of aromatic nitrogens is 3. The molecule has 0 radical (unpaired) electrons. The summed E-state index contributed by atoms with van der Waals surface area (Å²) in [7, 11) is 0. The van der Waals surface area contributed by atoms with Crippen LogP contribution < -0.4 is 15.0 Å². The molecule has 0 saturated heterocycles. The van der Waals surface area contributed by atoms with E-state index in [9.17, 15) is 4.79 Å². The van der Waals surface area contributed by atoms with Crippen molar-refractivity contribution in [2.45, 2.75) is 25.8 Å². The van der Waals surface area contributed by atoms with E-state index < -0.39 is 0 Å². The van der Waals surface area contributed by atoms with Crippen LogP contribution >= 0.6 is 11.3 Å². The molecule has 0 amide bonds. The summed E-state index contributed by atoms with van der Waals surface area (Å²) >= 11 is 1.60. The van der Waals surface area contributed by atoms with Crippen molar-refractivity contribution in [2.75, 3.05) is 24.6 Å². The van der Waals surface area contributed by atoms with Crippen LogP contribution in [0.15, 0.2) is 36.5 Å². The zero-order valence-electron chi connectivity index (χ0n) is 16.3. The fraction of sp³-hybridized carbons (Fsp3) is 0.333. The molecule has 0 unspecified atom stereocenters. The van der Waals surface area contributed by atoms with Crippen molar-refractivity contribution >= 4 is 27.9 Å². The average molecular weight is 407 g/mol. The number of Topliss-reactive ketones (excluding diaryl/α,β-unsaturated/α-hetero) is 1. The molecule has 0 aliphatic carbocycles. The number of anilines is 2. The molecule has 8 heteroatoms. The summed E-state index contributed by atoms with van der Waals surface area (Å²) in [4.78, 5) is 20.5. The van der Waals surface area contributed by atoms with Crippen LogP contribution in [0.1, 0.15) is 29.2 Å². The van der Waals surface area contributed by atoms with E-state index in [2.05, 4.69) is 40.3 Å². The minimum Gasteiger partial charge on any atom is -0.490 e. The lowest BCUT2D eigenvalue weighted by molar-refractivity contribution is 0.0982. The molecule has 0 bridgehead atoms. The van der Waals surface area contributed by atoms with Gasteiger partial charge in [-0.05, 0) is 44.2 Å². The number of thiazole rings is 1. The quantitative estimate of drug-likeness (QED) is 0.698. The SMILES string of the molecule is CC1(C)Cc2sc(N3CCOc4ccc(-c5cccnn5)cc43)nc2C(=O)CN1. The van der Waals surface area contributed by atoms with Crippen molar-refractivity contribution in [3.63, 3.8) is 0 Å². The number of hydrogen-bond donors (Lipinski definition) is 1. The number of hydrogen-bond acceptors (Lipinski definition) is 8. The summed E-state index contributed by atoms with van der Waals surface area (Å²) in [6.07, 6.45) is 2.44. The summed E-state index contributed by atoms with van der Waals surface area (Å²) in [5.41, 5.74) is 3.17. The molecule has 0 fully saturated rings. The summed E-state index contributed by atoms with van der Waals surface area (Å²) < 4.78 is 5.86. The second kappa shape index (κ2) is 6.89. The predicted octanol–water partition coefficient (Wildman–Crippen LogP) is 3.24. The first-order valence-corrected chi connectivity index (χ1v) is 10.4. The highest BCUT2D eigenvalue weighted by Gasteiger charge is 2.32. The Balaban J connectivity index is 1.56. The number of ether oxygens (including phenoxy) is 1. The van der Waals surface area contributed by atoms with Gasteiger partial charge in [-0.3, -0.25) is 4.79 Å². The van der Waals surface area contributed by atoms with Gasteiger partial charge in [0.05, 0.1) is 24.5 Å². The van der Waals surface area contributed by atoms with Crippen LogP contribution in [-0.4, -0.2) is 46.2 Å². The molecule has 148 valence electrons. The number of nitrogens with one attached hydrogen (secondary N) is 1. The first-order chi connectivity index (χ1) is 14.0. The van der Waals surface area contributed by atoms with Crippen LogP contribution in [0.2, 0.25) is 0 Å². The van der Waals surface area contributed by atoms with Gasteiger partial charge < -0.3 is 15.0 Å². The third-order valence-corrected chi connectivity index (χ3v) is 6.28. The maximum atomic E-state index is 12.6. The van der Waals surface area contributed by atoms with E-state index in [1.54, 1.807) is 17.5 Å². The highest BCUT2D eigenvalue weighted by atomic mass is 32.1. The van der Waals surface area contributed by atoms with Gasteiger partial charge in [0.1, 0.15) is 18.1 Å². The molecule has 5 rings (SSSR count). The van der Waals surface area contributed by atoms with Crippen molar-refractivity contribution < 1.29 is 9.53 Å². The minimum absolute atomic E-state index is 0.0508. The van der Waals surface area contributed by atoms with Crippen LogP contribution in [0.5, 0.6) is 5.75 Å². The van der Waals surface area contributed by atoms with Crippen LogP contribution in [0.3, 0.4) is 0 Å². The number of carbonyl (C=O) groups is 1. The van der Waals surface area contributed by atoms with E-state index in [1.807, 2.05) is 24.3 Å². The van der Waals surface area contributed by atoms with Gasteiger partial charge >= 0.3 is 0 Å². The Bertz CT molecular complexity index is 1080. The van der Waals surface area contributed by atoms with Crippen molar-refractivity contribution in [3.8, 4) is 17.0 Å². The molecule has 1 N–H and O–H groups in total. The van der Waals surface area contributed by atoms with Crippen LogP contribution in [-0.2, 0) is 6.42 Å². The minimum atomic E-state index is -0.132. The molecule has 0 atom stereocenters. The van der Waals surface area contributed by atoms with Crippen molar-refractivity contribution in [1.82, 2.24) is 20.5 Å². The van der Waals surface area contributed by atoms with Crippen LogP contribution in [0.4, 0.5) is 10.8 Å². The molecular weight excluding hydrogens is 386 g/mol. The van der Waals surface area contributed by atoms with Crippen molar-refractivity contribution in [1.29, 1.82) is 0 Å². The first-order valence-electron chi connectivity index (χ1n) is 9.61. The van der Waals surface area contributed by atoms with Gasteiger partial charge in [0, 0.05) is 28.6 Å². The lowest BCUT2D eigenvalue weighted by Gasteiger charge is -2.29.